The molecule has 2 N–H and O–H groups in total. The van der Waals surface area contributed by atoms with Gasteiger partial charge in [-0.25, -0.2) is 15.0 Å². The van der Waals surface area contributed by atoms with Crippen LogP contribution in [0.2, 0.25) is 0 Å². The molecule has 3 rings (SSSR count). The first-order valence-corrected chi connectivity index (χ1v) is 8.35. The van der Waals surface area contributed by atoms with E-state index >= 15 is 0 Å². The van der Waals surface area contributed by atoms with Gasteiger partial charge in [-0.05, 0) is 17.4 Å². The molecule has 2 aromatic heterocycles. The zero-order valence-electron chi connectivity index (χ0n) is 10.4. The number of ether oxygens (including phenoxy) is 1. The van der Waals surface area contributed by atoms with Gasteiger partial charge in [0.05, 0.1) is 12.4 Å². The normalized spacial score (nSPS) is 23.4. The summed E-state index contributed by atoms with van der Waals surface area (Å²) in [5.74, 6) is 0.346. The van der Waals surface area contributed by atoms with Crippen molar-refractivity contribution in [1.29, 1.82) is 0 Å². The molecule has 1 saturated heterocycles. The third-order valence-corrected chi connectivity index (χ3v) is 3.87. The second-order valence-electron chi connectivity index (χ2n) is 4.41. The number of nitrogens with zero attached hydrogens (tertiary/aromatic N) is 4. The molecule has 1 unspecified atom stereocenters. The molecule has 0 bridgehead atoms. The van der Waals surface area contributed by atoms with Gasteiger partial charge in [-0.2, -0.15) is 0 Å². The number of nitrogens with two attached hydrogens (primary N) is 1. The highest BCUT2D eigenvalue weighted by Gasteiger charge is 2.30. The molecular weight excluding hydrogens is 301 g/mol. The number of hydrogen-bond donors (Lipinski definition) is 2. The van der Waals surface area contributed by atoms with Crippen LogP contribution >= 0.6 is 19.5 Å². The van der Waals surface area contributed by atoms with Gasteiger partial charge < -0.3 is 10.5 Å². The number of anilines is 1. The molecule has 0 spiro atoms. The lowest BCUT2D eigenvalue weighted by molar-refractivity contribution is -0.0142. The second-order valence-corrected chi connectivity index (χ2v) is 6.12. The lowest BCUT2D eigenvalue weighted by Gasteiger charge is -2.13. The van der Waals surface area contributed by atoms with E-state index in [1.54, 1.807) is 6.33 Å². The van der Waals surface area contributed by atoms with Gasteiger partial charge in [0, 0.05) is 0 Å². The Morgan fingerprint density at radius 3 is 3.15 bits per heavy atom. The van der Waals surface area contributed by atoms with E-state index in [-0.39, 0.29) is 18.9 Å². The third kappa shape index (κ3) is 2.62. The van der Waals surface area contributed by atoms with Crippen molar-refractivity contribution < 1.29 is 13.8 Å². The van der Waals surface area contributed by atoms with Crippen LogP contribution in [0.3, 0.4) is 0 Å². The van der Waals surface area contributed by atoms with Crippen LogP contribution in [0.1, 0.15) is 19.1 Å². The Morgan fingerprint density at radius 2 is 2.35 bits per heavy atom. The zero-order chi connectivity index (χ0) is 14.1. The van der Waals surface area contributed by atoms with E-state index in [0.29, 0.717) is 17.0 Å². The predicted molar refractivity (Wildman–Crippen MR) is 75.4 cm³/mol. The maximum atomic E-state index is 10.8. The number of fused-ring (bicyclic) bond motifs is 1. The van der Waals surface area contributed by atoms with E-state index in [2.05, 4.69) is 27.2 Å². The van der Waals surface area contributed by atoms with Crippen LogP contribution in [0.15, 0.2) is 12.7 Å². The molecule has 1 aliphatic rings. The van der Waals surface area contributed by atoms with Crippen molar-refractivity contribution in [3.63, 3.8) is 0 Å². The van der Waals surface area contributed by atoms with E-state index in [1.165, 1.54) is 6.33 Å². The number of aromatic nitrogens is 4. The van der Waals surface area contributed by atoms with E-state index < -0.39 is 7.23 Å². The van der Waals surface area contributed by atoms with Crippen LogP contribution in [-0.4, -0.2) is 32.2 Å². The Balaban J connectivity index is 1.76. The standard InChI is InChI=1S/C10H12N5O3PS/c11-9-8-10(13-4-12-9)15(5-14-8)7-2-1-6(18-7)3-17-19(16)20/h4-7H,1-3H2,(H2-,11,12,13,16,20)/p+1/t6-,7+/m0/s1. The summed E-state index contributed by atoms with van der Waals surface area (Å²) in [5.41, 5.74) is 6.95. The molecule has 1 fully saturated rings. The summed E-state index contributed by atoms with van der Waals surface area (Å²) < 4.78 is 23.5. The molecule has 8 nitrogen and oxygen atoms in total. The van der Waals surface area contributed by atoms with Crippen molar-refractivity contribution in [2.24, 2.45) is 0 Å². The first kappa shape index (κ1) is 13.7. The average Bonchev–Trinajstić information content (AvgIpc) is 3.02. The monoisotopic (exact) mass is 314 g/mol. The SMILES string of the molecule is Nc1ncnc2c1ncn2[C@H]1CC[C@@H](CO[P+](=O)S)O1. The Hall–Kier alpha value is -1.28. The third-order valence-electron chi connectivity index (χ3n) is 3.15. The molecule has 0 aromatic carbocycles. The highest BCUT2D eigenvalue weighted by Crippen LogP contribution is 2.34. The fourth-order valence-corrected chi connectivity index (χ4v) is 2.74. The van der Waals surface area contributed by atoms with Gasteiger partial charge in [-0.1, -0.05) is 0 Å². The van der Waals surface area contributed by atoms with Gasteiger partial charge in [0.15, 0.2) is 11.5 Å². The average molecular weight is 314 g/mol. The Labute approximate surface area is 120 Å². The minimum absolute atomic E-state index is 0.109. The fourth-order valence-electron chi connectivity index (χ4n) is 2.24. The smallest absolute Gasteiger partial charge is 0.382 e. The number of imidazole rings is 1. The van der Waals surface area contributed by atoms with Crippen molar-refractivity contribution in [3.8, 4) is 0 Å². The van der Waals surface area contributed by atoms with Gasteiger partial charge in [0.2, 0.25) is 0 Å². The van der Waals surface area contributed by atoms with E-state index in [1.807, 2.05) is 4.57 Å². The van der Waals surface area contributed by atoms with Crippen LogP contribution in [-0.2, 0) is 13.8 Å². The van der Waals surface area contributed by atoms with Gasteiger partial charge in [-0.15, -0.1) is 4.52 Å². The van der Waals surface area contributed by atoms with Gasteiger partial charge >= 0.3 is 7.23 Å². The fraction of sp³-hybridized carbons (Fsp3) is 0.500. The molecule has 20 heavy (non-hydrogen) atoms. The summed E-state index contributed by atoms with van der Waals surface area (Å²) in [5, 5.41) is 0. The van der Waals surface area contributed by atoms with Gasteiger partial charge in [-0.3, -0.25) is 4.57 Å². The topological polar surface area (TPSA) is 105 Å². The summed E-state index contributed by atoms with van der Waals surface area (Å²) in [6.45, 7) is 0.263. The zero-order valence-corrected chi connectivity index (χ0v) is 12.2. The number of hydrogen-bond acceptors (Lipinski definition) is 7. The molecule has 106 valence electrons. The van der Waals surface area contributed by atoms with Crippen LogP contribution in [0.4, 0.5) is 5.82 Å². The molecule has 10 heteroatoms. The minimum Gasteiger partial charge on any atom is -0.382 e. The number of thiol groups is 1. The lowest BCUT2D eigenvalue weighted by Crippen LogP contribution is -2.15. The Bertz CT molecular complexity index is 651. The lowest BCUT2D eigenvalue weighted by atomic mass is 10.2. The van der Waals surface area contributed by atoms with Crippen molar-refractivity contribution in [3.05, 3.63) is 12.7 Å². The van der Waals surface area contributed by atoms with Crippen molar-refractivity contribution in [1.82, 2.24) is 19.5 Å². The quantitative estimate of drug-likeness (QED) is 0.653. The van der Waals surface area contributed by atoms with Gasteiger partial charge in [0.25, 0.3) is 0 Å². The molecule has 0 radical (unpaired) electrons. The molecule has 0 saturated carbocycles. The van der Waals surface area contributed by atoms with Gasteiger partial charge in [0.1, 0.15) is 36.9 Å². The van der Waals surface area contributed by atoms with E-state index in [0.717, 1.165) is 12.8 Å². The van der Waals surface area contributed by atoms with E-state index in [9.17, 15) is 4.57 Å². The number of nitrogen functional groups attached to an aromatic ring is 1. The summed E-state index contributed by atoms with van der Waals surface area (Å²) in [4.78, 5) is 12.3. The predicted octanol–water partition coefficient (Wildman–Crippen LogP) is 1.69. The van der Waals surface area contributed by atoms with Crippen molar-refractivity contribution in [2.45, 2.75) is 25.2 Å². The van der Waals surface area contributed by atoms with Crippen molar-refractivity contribution >= 4 is 36.5 Å². The molecule has 0 aliphatic carbocycles. The van der Waals surface area contributed by atoms with Crippen molar-refractivity contribution in [2.75, 3.05) is 12.3 Å². The molecule has 0 amide bonds. The maximum Gasteiger partial charge on any atom is 0.582 e. The first-order valence-electron chi connectivity index (χ1n) is 6.02. The largest absolute Gasteiger partial charge is 0.582 e. The molecular formula is C10H13N5O3PS+. The summed E-state index contributed by atoms with van der Waals surface area (Å²) in [6.07, 6.45) is 4.36. The van der Waals surface area contributed by atoms with Crippen LogP contribution in [0, 0.1) is 0 Å². The minimum atomic E-state index is -1.90. The van der Waals surface area contributed by atoms with E-state index in [4.69, 9.17) is 15.0 Å². The van der Waals surface area contributed by atoms with Crippen LogP contribution < -0.4 is 5.73 Å². The Morgan fingerprint density at radius 1 is 1.50 bits per heavy atom. The second kappa shape index (κ2) is 5.61. The first-order chi connectivity index (χ1) is 9.65. The highest BCUT2D eigenvalue weighted by molar-refractivity contribution is 8.39. The highest BCUT2D eigenvalue weighted by atomic mass is 32.7. The van der Waals surface area contributed by atoms with Crippen LogP contribution in [0.5, 0.6) is 0 Å². The van der Waals surface area contributed by atoms with Crippen LogP contribution in [0.25, 0.3) is 11.2 Å². The summed E-state index contributed by atoms with van der Waals surface area (Å²) in [7, 11) is -1.90. The molecule has 2 aromatic rings. The number of rotatable bonds is 4. The molecule has 3 atom stereocenters. The Kier molecular flexibility index (Phi) is 3.84. The maximum absolute atomic E-state index is 10.8. The molecule has 3 heterocycles. The summed E-state index contributed by atoms with van der Waals surface area (Å²) in [6, 6.07) is 0. The summed E-state index contributed by atoms with van der Waals surface area (Å²) >= 11 is 3.70. The molecule has 1 aliphatic heterocycles.